The Morgan fingerprint density at radius 1 is 1.24 bits per heavy atom. The zero-order valence-corrected chi connectivity index (χ0v) is 14.5. The molecule has 1 aromatic carbocycles. The van der Waals surface area contributed by atoms with Gasteiger partial charge < -0.3 is 10.3 Å². The van der Waals surface area contributed by atoms with E-state index in [-0.39, 0.29) is 17.5 Å². The van der Waals surface area contributed by atoms with Crippen LogP contribution in [0.5, 0.6) is 0 Å². The van der Waals surface area contributed by atoms with Crippen LogP contribution in [0, 0.1) is 6.92 Å². The standard InChI is InChI=1S/C19H24N4O2/c1-14-20-12-16(19(25)22-14)18(24)21-13-17(15-8-4-2-5-9-15)23-10-6-3-7-11-23/h2,4-5,8-9,12,17H,3,6-7,10-11,13H2,1H3,(H,21,24)(H,20,22,25). The monoisotopic (exact) mass is 340 g/mol. The van der Waals surface area contributed by atoms with Gasteiger partial charge in [-0.25, -0.2) is 4.98 Å². The molecule has 1 fully saturated rings. The molecule has 0 aliphatic carbocycles. The second-order valence-electron chi connectivity index (χ2n) is 6.44. The number of amides is 1. The average molecular weight is 340 g/mol. The van der Waals surface area contributed by atoms with Crippen LogP contribution >= 0.6 is 0 Å². The maximum Gasteiger partial charge on any atom is 0.263 e. The number of nitrogens with one attached hydrogen (secondary N) is 2. The summed E-state index contributed by atoms with van der Waals surface area (Å²) in [6.45, 7) is 4.21. The molecule has 1 atom stereocenters. The van der Waals surface area contributed by atoms with Gasteiger partial charge in [-0.05, 0) is 38.4 Å². The molecule has 0 radical (unpaired) electrons. The number of carbonyl (C=O) groups is 1. The van der Waals surface area contributed by atoms with Gasteiger partial charge in [0.25, 0.3) is 11.5 Å². The number of benzene rings is 1. The zero-order valence-electron chi connectivity index (χ0n) is 14.5. The number of hydrogen-bond acceptors (Lipinski definition) is 4. The van der Waals surface area contributed by atoms with Crippen molar-refractivity contribution in [3.05, 3.63) is 63.8 Å². The van der Waals surface area contributed by atoms with Gasteiger partial charge in [0, 0.05) is 12.7 Å². The highest BCUT2D eigenvalue weighted by molar-refractivity contribution is 5.93. The number of hydrogen-bond donors (Lipinski definition) is 2. The molecule has 132 valence electrons. The van der Waals surface area contributed by atoms with E-state index < -0.39 is 5.56 Å². The number of aromatic amines is 1. The lowest BCUT2D eigenvalue weighted by atomic mass is 10.0. The van der Waals surface area contributed by atoms with Gasteiger partial charge in [-0.3, -0.25) is 14.5 Å². The van der Waals surface area contributed by atoms with Crippen LogP contribution in [0.3, 0.4) is 0 Å². The van der Waals surface area contributed by atoms with Crippen LogP contribution in [0.1, 0.15) is 47.1 Å². The third-order valence-electron chi connectivity index (χ3n) is 4.64. The molecule has 6 heteroatoms. The third-order valence-corrected chi connectivity index (χ3v) is 4.64. The molecule has 0 bridgehead atoms. The Morgan fingerprint density at radius 2 is 1.96 bits per heavy atom. The van der Waals surface area contributed by atoms with Crippen LogP contribution in [0.15, 0.2) is 41.3 Å². The summed E-state index contributed by atoms with van der Waals surface area (Å²) in [5, 5.41) is 2.91. The molecule has 25 heavy (non-hydrogen) atoms. The zero-order chi connectivity index (χ0) is 17.6. The van der Waals surface area contributed by atoms with Crippen LogP contribution in [-0.4, -0.2) is 40.4 Å². The van der Waals surface area contributed by atoms with Crippen LogP contribution in [0.25, 0.3) is 0 Å². The third kappa shape index (κ3) is 4.33. The molecule has 0 spiro atoms. The average Bonchev–Trinajstić information content (AvgIpc) is 2.63. The maximum absolute atomic E-state index is 12.4. The highest BCUT2D eigenvalue weighted by Gasteiger charge is 2.23. The molecule has 1 saturated heterocycles. The summed E-state index contributed by atoms with van der Waals surface area (Å²) in [7, 11) is 0. The summed E-state index contributed by atoms with van der Waals surface area (Å²) in [6, 6.07) is 10.3. The summed E-state index contributed by atoms with van der Waals surface area (Å²) in [6.07, 6.45) is 4.95. The van der Waals surface area contributed by atoms with Crippen molar-refractivity contribution in [1.29, 1.82) is 0 Å². The summed E-state index contributed by atoms with van der Waals surface area (Å²) in [4.78, 5) is 33.3. The molecule has 2 heterocycles. The quantitative estimate of drug-likeness (QED) is 0.873. The smallest absolute Gasteiger partial charge is 0.263 e. The van der Waals surface area contributed by atoms with Gasteiger partial charge in [-0.2, -0.15) is 0 Å². The van der Waals surface area contributed by atoms with Crippen molar-refractivity contribution >= 4 is 5.91 Å². The molecular formula is C19H24N4O2. The lowest BCUT2D eigenvalue weighted by Gasteiger charge is -2.35. The van der Waals surface area contributed by atoms with E-state index in [4.69, 9.17) is 0 Å². The van der Waals surface area contributed by atoms with Gasteiger partial charge in [-0.15, -0.1) is 0 Å². The van der Waals surface area contributed by atoms with E-state index in [9.17, 15) is 9.59 Å². The number of likely N-dealkylation sites (tertiary alicyclic amines) is 1. The van der Waals surface area contributed by atoms with Crippen molar-refractivity contribution in [3.8, 4) is 0 Å². The summed E-state index contributed by atoms with van der Waals surface area (Å²) in [5.74, 6) is 0.115. The summed E-state index contributed by atoms with van der Waals surface area (Å²) in [5.41, 5.74) is 0.830. The van der Waals surface area contributed by atoms with Gasteiger partial charge in [0.05, 0.1) is 6.04 Å². The van der Waals surface area contributed by atoms with Crippen LogP contribution in [-0.2, 0) is 0 Å². The van der Waals surface area contributed by atoms with Crippen molar-refractivity contribution in [3.63, 3.8) is 0 Å². The molecule has 1 aliphatic rings. The minimum absolute atomic E-state index is 0.0519. The summed E-state index contributed by atoms with van der Waals surface area (Å²) < 4.78 is 0. The molecule has 1 unspecified atom stereocenters. The van der Waals surface area contributed by atoms with Crippen molar-refractivity contribution < 1.29 is 4.79 Å². The Balaban J connectivity index is 1.74. The topological polar surface area (TPSA) is 78.1 Å². The van der Waals surface area contributed by atoms with Crippen molar-refractivity contribution in [2.75, 3.05) is 19.6 Å². The van der Waals surface area contributed by atoms with Gasteiger partial charge in [0.1, 0.15) is 11.4 Å². The number of piperidine rings is 1. The van der Waals surface area contributed by atoms with E-state index in [1.165, 1.54) is 31.0 Å². The van der Waals surface area contributed by atoms with E-state index in [0.29, 0.717) is 12.4 Å². The Bertz CT molecular complexity index is 766. The van der Waals surface area contributed by atoms with E-state index in [1.807, 2.05) is 18.2 Å². The largest absolute Gasteiger partial charge is 0.350 e. The molecule has 3 rings (SSSR count). The SMILES string of the molecule is Cc1ncc(C(=O)NCC(c2ccccc2)N2CCCCC2)c(=O)[nH]1. The van der Waals surface area contributed by atoms with Crippen LogP contribution in [0.2, 0.25) is 0 Å². The predicted octanol–water partition coefficient (Wildman–Crippen LogP) is 2.04. The molecular weight excluding hydrogens is 316 g/mol. The normalized spacial score (nSPS) is 16.4. The number of H-pyrrole nitrogens is 1. The second-order valence-corrected chi connectivity index (χ2v) is 6.44. The lowest BCUT2D eigenvalue weighted by molar-refractivity contribution is 0.0922. The van der Waals surface area contributed by atoms with Crippen molar-refractivity contribution in [2.24, 2.45) is 0 Å². The fourth-order valence-electron chi connectivity index (χ4n) is 3.29. The number of carbonyl (C=O) groups excluding carboxylic acids is 1. The molecule has 1 aromatic heterocycles. The fourth-order valence-corrected chi connectivity index (χ4v) is 3.29. The first-order valence-electron chi connectivity index (χ1n) is 8.78. The number of nitrogens with zero attached hydrogens (tertiary/aromatic N) is 2. The fraction of sp³-hybridized carbons (Fsp3) is 0.421. The maximum atomic E-state index is 12.4. The number of rotatable bonds is 5. The summed E-state index contributed by atoms with van der Waals surface area (Å²) >= 11 is 0. The molecule has 6 nitrogen and oxygen atoms in total. The van der Waals surface area contributed by atoms with Crippen LogP contribution < -0.4 is 10.9 Å². The van der Waals surface area contributed by atoms with Gasteiger partial charge in [0.2, 0.25) is 0 Å². The van der Waals surface area contributed by atoms with E-state index in [2.05, 4.69) is 32.3 Å². The Labute approximate surface area is 147 Å². The minimum Gasteiger partial charge on any atom is -0.350 e. The van der Waals surface area contributed by atoms with Gasteiger partial charge in [-0.1, -0.05) is 36.8 Å². The van der Waals surface area contributed by atoms with Crippen molar-refractivity contribution in [2.45, 2.75) is 32.2 Å². The lowest BCUT2D eigenvalue weighted by Crippen LogP contribution is -2.41. The Morgan fingerprint density at radius 3 is 2.64 bits per heavy atom. The Kier molecular flexibility index (Phi) is 5.60. The van der Waals surface area contributed by atoms with E-state index in [0.717, 1.165) is 13.1 Å². The minimum atomic E-state index is -0.403. The molecule has 2 N–H and O–H groups in total. The highest BCUT2D eigenvalue weighted by Crippen LogP contribution is 2.24. The first kappa shape index (κ1) is 17.4. The predicted molar refractivity (Wildman–Crippen MR) is 96.5 cm³/mol. The molecule has 1 aliphatic heterocycles. The molecule has 0 saturated carbocycles. The number of aryl methyl sites for hydroxylation is 1. The van der Waals surface area contributed by atoms with Gasteiger partial charge in [0.15, 0.2) is 0 Å². The van der Waals surface area contributed by atoms with Crippen molar-refractivity contribution in [1.82, 2.24) is 20.2 Å². The van der Waals surface area contributed by atoms with Crippen LogP contribution in [0.4, 0.5) is 0 Å². The highest BCUT2D eigenvalue weighted by atomic mass is 16.2. The number of aromatic nitrogens is 2. The van der Waals surface area contributed by atoms with E-state index in [1.54, 1.807) is 6.92 Å². The molecule has 2 aromatic rings. The first-order valence-corrected chi connectivity index (χ1v) is 8.78. The molecule has 1 amide bonds. The van der Waals surface area contributed by atoms with Gasteiger partial charge >= 0.3 is 0 Å². The second kappa shape index (κ2) is 8.07. The van der Waals surface area contributed by atoms with E-state index >= 15 is 0 Å². The Hall–Kier alpha value is -2.47. The first-order chi connectivity index (χ1) is 12.1.